The van der Waals surface area contributed by atoms with Crippen LogP contribution in [0.4, 0.5) is 4.79 Å². The summed E-state index contributed by atoms with van der Waals surface area (Å²) in [4.78, 5) is 25.3. The number of hydrogen-bond acceptors (Lipinski definition) is 4. The lowest BCUT2D eigenvalue weighted by atomic mass is 10.1. The van der Waals surface area contributed by atoms with Crippen molar-refractivity contribution in [1.82, 2.24) is 10.2 Å². The lowest BCUT2D eigenvalue weighted by Crippen LogP contribution is -2.47. The van der Waals surface area contributed by atoms with Gasteiger partial charge in [0.15, 0.2) is 0 Å². The molecule has 0 spiro atoms. The van der Waals surface area contributed by atoms with Crippen molar-refractivity contribution in [1.29, 1.82) is 0 Å². The number of hydrogen-bond donors (Lipinski definition) is 2. The first-order valence-electron chi connectivity index (χ1n) is 7.02. The smallest absolute Gasteiger partial charge is 0.408 e. The highest BCUT2D eigenvalue weighted by atomic mass is 16.6. The first kappa shape index (κ1) is 19.8. The van der Waals surface area contributed by atoms with Gasteiger partial charge in [0, 0.05) is 19.8 Å². The van der Waals surface area contributed by atoms with E-state index in [4.69, 9.17) is 10.5 Å². The monoisotopic (exact) mass is 309 g/mol. The second-order valence-corrected chi connectivity index (χ2v) is 5.97. The topological polar surface area (TPSA) is 84.7 Å². The third-order valence-corrected chi connectivity index (χ3v) is 2.42. The van der Waals surface area contributed by atoms with E-state index in [-0.39, 0.29) is 5.91 Å². The lowest BCUT2D eigenvalue weighted by Gasteiger charge is -2.24. The summed E-state index contributed by atoms with van der Waals surface area (Å²) < 4.78 is 5.17. The molecule has 0 saturated heterocycles. The minimum absolute atomic E-state index is 0.221. The van der Waals surface area contributed by atoms with E-state index in [0.717, 1.165) is 0 Å². The lowest BCUT2D eigenvalue weighted by molar-refractivity contribution is -0.130. The highest BCUT2D eigenvalue weighted by molar-refractivity contribution is 5.85. The van der Waals surface area contributed by atoms with Crippen LogP contribution in [0.25, 0.3) is 0 Å². The van der Waals surface area contributed by atoms with E-state index in [2.05, 4.69) is 11.9 Å². The van der Waals surface area contributed by atoms with Crippen molar-refractivity contribution in [3.05, 3.63) is 36.6 Å². The van der Waals surface area contributed by atoms with Crippen molar-refractivity contribution in [3.63, 3.8) is 0 Å². The second kappa shape index (κ2) is 8.92. The van der Waals surface area contributed by atoms with E-state index in [9.17, 15) is 9.59 Å². The first-order chi connectivity index (χ1) is 10.1. The molecule has 0 aromatic carbocycles. The van der Waals surface area contributed by atoms with Crippen molar-refractivity contribution in [2.24, 2.45) is 5.73 Å². The van der Waals surface area contributed by atoms with E-state index < -0.39 is 17.7 Å². The van der Waals surface area contributed by atoms with Gasteiger partial charge in [-0.05, 0) is 39.3 Å². The van der Waals surface area contributed by atoms with Crippen molar-refractivity contribution in [2.75, 3.05) is 14.1 Å². The Balaban J connectivity index is 4.85. The molecular formula is C16H27N3O3. The Labute approximate surface area is 132 Å². The van der Waals surface area contributed by atoms with Gasteiger partial charge in [0.1, 0.15) is 11.6 Å². The fourth-order valence-electron chi connectivity index (χ4n) is 1.51. The Morgan fingerprint density at radius 2 is 1.95 bits per heavy atom. The van der Waals surface area contributed by atoms with Crippen molar-refractivity contribution in [3.8, 4) is 0 Å². The zero-order chi connectivity index (χ0) is 17.3. The van der Waals surface area contributed by atoms with Gasteiger partial charge in [0.05, 0.1) is 0 Å². The maximum atomic E-state index is 12.1. The van der Waals surface area contributed by atoms with E-state index in [0.29, 0.717) is 12.1 Å². The highest BCUT2D eigenvalue weighted by Crippen LogP contribution is 2.08. The van der Waals surface area contributed by atoms with E-state index in [1.807, 2.05) is 0 Å². The normalized spacial score (nSPS) is 13.6. The molecule has 0 rings (SSSR count). The van der Waals surface area contributed by atoms with Crippen LogP contribution in [0.5, 0.6) is 0 Å². The molecule has 0 aliphatic heterocycles. The molecule has 0 aliphatic rings. The molecule has 0 fully saturated rings. The van der Waals surface area contributed by atoms with Gasteiger partial charge >= 0.3 is 6.09 Å². The summed E-state index contributed by atoms with van der Waals surface area (Å²) in [6.07, 6.45) is 6.27. The molecule has 0 radical (unpaired) electrons. The zero-order valence-corrected chi connectivity index (χ0v) is 14.1. The molecule has 0 saturated carbocycles. The molecule has 0 bridgehead atoms. The minimum atomic E-state index is -0.711. The van der Waals surface area contributed by atoms with E-state index in [1.54, 1.807) is 59.2 Å². The van der Waals surface area contributed by atoms with E-state index >= 15 is 0 Å². The van der Waals surface area contributed by atoms with Crippen LogP contribution >= 0.6 is 0 Å². The minimum Gasteiger partial charge on any atom is -0.444 e. The molecular weight excluding hydrogens is 282 g/mol. The quantitative estimate of drug-likeness (QED) is 0.734. The van der Waals surface area contributed by atoms with Gasteiger partial charge in [0.25, 0.3) is 0 Å². The van der Waals surface area contributed by atoms with Crippen LogP contribution in [0, 0.1) is 0 Å². The first-order valence-corrected chi connectivity index (χ1v) is 7.02. The number of rotatable bonds is 6. The molecule has 2 amide bonds. The molecule has 6 nitrogen and oxygen atoms in total. The Hall–Kier alpha value is -2.24. The van der Waals surface area contributed by atoms with Gasteiger partial charge in [-0.15, -0.1) is 0 Å². The van der Waals surface area contributed by atoms with Gasteiger partial charge in [-0.25, -0.2) is 4.79 Å². The van der Waals surface area contributed by atoms with Crippen LogP contribution in [0.15, 0.2) is 36.6 Å². The van der Waals surface area contributed by atoms with Crippen LogP contribution in [0.2, 0.25) is 0 Å². The number of carbonyl (C=O) groups excluding carboxylic acids is 2. The molecule has 0 aromatic rings. The van der Waals surface area contributed by atoms with Crippen molar-refractivity contribution < 1.29 is 14.3 Å². The predicted octanol–water partition coefficient (Wildman–Crippen LogP) is 1.94. The SMILES string of the molecule is C=C/C=C(N)\C=C\C[C@H](NC(=O)OC(C)(C)C)C(=O)N(C)C. The summed E-state index contributed by atoms with van der Waals surface area (Å²) in [7, 11) is 3.25. The fourth-order valence-corrected chi connectivity index (χ4v) is 1.51. The Morgan fingerprint density at radius 3 is 2.41 bits per heavy atom. The van der Waals surface area contributed by atoms with Crippen LogP contribution in [-0.4, -0.2) is 42.6 Å². The Bertz CT molecular complexity index is 460. The molecule has 0 heterocycles. The van der Waals surface area contributed by atoms with Crippen LogP contribution in [0.1, 0.15) is 27.2 Å². The highest BCUT2D eigenvalue weighted by Gasteiger charge is 2.24. The number of alkyl carbamates (subject to hydrolysis) is 1. The number of nitrogens with two attached hydrogens (primary N) is 1. The summed E-state index contributed by atoms with van der Waals surface area (Å²) in [5.41, 5.74) is 5.58. The molecule has 6 heteroatoms. The Morgan fingerprint density at radius 1 is 1.36 bits per heavy atom. The predicted molar refractivity (Wildman–Crippen MR) is 88.1 cm³/mol. The number of nitrogens with one attached hydrogen (secondary N) is 1. The molecule has 0 aliphatic carbocycles. The summed E-state index contributed by atoms with van der Waals surface area (Å²) >= 11 is 0. The molecule has 1 atom stereocenters. The number of allylic oxidation sites excluding steroid dienone is 3. The van der Waals surface area contributed by atoms with Gasteiger partial charge in [-0.2, -0.15) is 0 Å². The van der Waals surface area contributed by atoms with Gasteiger partial charge in [-0.3, -0.25) is 4.79 Å². The zero-order valence-electron chi connectivity index (χ0n) is 14.1. The summed E-state index contributed by atoms with van der Waals surface area (Å²) in [5, 5.41) is 2.58. The van der Waals surface area contributed by atoms with Crippen molar-refractivity contribution >= 4 is 12.0 Å². The van der Waals surface area contributed by atoms with Gasteiger partial charge in [0.2, 0.25) is 5.91 Å². The average molecular weight is 309 g/mol. The van der Waals surface area contributed by atoms with Gasteiger partial charge in [-0.1, -0.05) is 18.7 Å². The van der Waals surface area contributed by atoms with Crippen LogP contribution < -0.4 is 11.1 Å². The number of likely N-dealkylation sites (N-methyl/N-ethyl adjacent to an activating group) is 1. The largest absolute Gasteiger partial charge is 0.444 e. The molecule has 0 unspecified atom stereocenters. The number of ether oxygens (including phenoxy) is 1. The number of nitrogens with zero attached hydrogens (tertiary/aromatic N) is 1. The summed E-state index contributed by atoms with van der Waals surface area (Å²) in [6.45, 7) is 8.82. The third kappa shape index (κ3) is 8.84. The standard InChI is InChI=1S/C16H27N3O3/c1-7-9-12(17)10-8-11-13(14(20)19(5)6)18-15(21)22-16(2,3)4/h7-10,13H,1,11,17H2,2-6H3,(H,18,21)/b10-8+,12-9+/t13-/m0/s1. The number of carbonyl (C=O) groups is 2. The summed E-state index contributed by atoms with van der Waals surface area (Å²) in [5.74, 6) is -0.221. The van der Waals surface area contributed by atoms with Gasteiger partial charge < -0.3 is 20.7 Å². The Kier molecular flexibility index (Phi) is 8.01. The van der Waals surface area contributed by atoms with Crippen LogP contribution in [0.3, 0.4) is 0 Å². The second-order valence-electron chi connectivity index (χ2n) is 5.97. The van der Waals surface area contributed by atoms with Crippen molar-refractivity contribution in [2.45, 2.75) is 38.8 Å². The summed E-state index contributed by atoms with van der Waals surface area (Å²) in [6, 6.07) is -0.711. The molecule has 22 heavy (non-hydrogen) atoms. The fraction of sp³-hybridized carbons (Fsp3) is 0.500. The molecule has 124 valence electrons. The maximum absolute atomic E-state index is 12.1. The van der Waals surface area contributed by atoms with Crippen LogP contribution in [-0.2, 0) is 9.53 Å². The molecule has 0 aromatic heterocycles. The molecule has 3 N–H and O–H groups in total. The average Bonchev–Trinajstić information content (AvgIpc) is 2.34. The number of amides is 2. The third-order valence-electron chi connectivity index (χ3n) is 2.42. The van der Waals surface area contributed by atoms with E-state index in [1.165, 1.54) is 4.90 Å². The maximum Gasteiger partial charge on any atom is 0.408 e.